The summed E-state index contributed by atoms with van der Waals surface area (Å²) < 4.78 is 46.3. The molecule has 146 valence electrons. The van der Waals surface area contributed by atoms with Crippen molar-refractivity contribution < 1.29 is 17.5 Å². The molecule has 0 aliphatic heterocycles. The van der Waals surface area contributed by atoms with Crippen LogP contribution in [-0.2, 0) is 10.0 Å². The number of hydrogen-bond donors (Lipinski definition) is 1. The normalized spacial score (nSPS) is 11.4. The molecule has 0 amide bonds. The smallest absolute Gasteiger partial charge is 0.264 e. The molecule has 0 unspecified atom stereocenters. The largest absolute Gasteiger partial charge is 0.476 e. The molecule has 0 bridgehead atoms. The van der Waals surface area contributed by atoms with Crippen LogP contribution < -0.4 is 9.46 Å². The van der Waals surface area contributed by atoms with E-state index in [-0.39, 0.29) is 0 Å². The third-order valence-corrected chi connectivity index (χ3v) is 5.18. The molecule has 3 rings (SSSR count). The summed E-state index contributed by atoms with van der Waals surface area (Å²) in [5.41, 5.74) is 1.70. The van der Waals surface area contributed by atoms with E-state index in [1.54, 1.807) is 36.4 Å². The Morgan fingerprint density at radius 1 is 1.00 bits per heavy atom. The van der Waals surface area contributed by atoms with Gasteiger partial charge < -0.3 is 4.74 Å². The fourth-order valence-corrected chi connectivity index (χ4v) is 3.52. The second-order valence-corrected chi connectivity index (χ2v) is 8.23. The van der Waals surface area contributed by atoms with Crippen LogP contribution in [0.3, 0.4) is 0 Å². The van der Waals surface area contributed by atoms with Gasteiger partial charge in [-0.25, -0.2) is 12.8 Å². The van der Waals surface area contributed by atoms with Crippen LogP contribution in [0, 0.1) is 11.7 Å². The van der Waals surface area contributed by atoms with Crippen LogP contribution in [0.15, 0.2) is 65.6 Å². The number of hydrogen-bond acceptors (Lipinski definition) is 5. The van der Waals surface area contributed by atoms with Gasteiger partial charge in [0, 0.05) is 17.3 Å². The summed E-state index contributed by atoms with van der Waals surface area (Å²) >= 11 is 0. The van der Waals surface area contributed by atoms with Gasteiger partial charge in [-0.3, -0.25) is 4.72 Å². The first kappa shape index (κ1) is 19.8. The second-order valence-electron chi connectivity index (χ2n) is 6.57. The van der Waals surface area contributed by atoms with Crippen LogP contribution in [0.5, 0.6) is 5.88 Å². The lowest BCUT2D eigenvalue weighted by atomic mass is 10.1. The Kier molecular flexibility index (Phi) is 5.89. The van der Waals surface area contributed by atoms with Crippen LogP contribution in [0.25, 0.3) is 11.3 Å². The summed E-state index contributed by atoms with van der Waals surface area (Å²) in [6, 6.07) is 15.3. The van der Waals surface area contributed by atoms with E-state index < -0.39 is 20.7 Å². The van der Waals surface area contributed by atoms with Crippen molar-refractivity contribution in [2.45, 2.75) is 18.7 Å². The van der Waals surface area contributed by atoms with Crippen molar-refractivity contribution >= 4 is 15.7 Å². The number of benzene rings is 2. The van der Waals surface area contributed by atoms with E-state index in [9.17, 15) is 12.8 Å². The second kappa shape index (κ2) is 8.35. The van der Waals surface area contributed by atoms with Crippen LogP contribution >= 0.6 is 0 Å². The van der Waals surface area contributed by atoms with Gasteiger partial charge in [0.2, 0.25) is 5.88 Å². The lowest BCUT2D eigenvalue weighted by Crippen LogP contribution is -2.14. The van der Waals surface area contributed by atoms with Crippen LogP contribution in [-0.4, -0.2) is 25.2 Å². The molecule has 0 atom stereocenters. The molecule has 0 radical (unpaired) electrons. The predicted octanol–water partition coefficient (Wildman–Crippen LogP) is 4.12. The average Bonchev–Trinajstić information content (AvgIpc) is 2.67. The molecule has 0 aliphatic carbocycles. The van der Waals surface area contributed by atoms with E-state index >= 15 is 0 Å². The maximum Gasteiger partial charge on any atom is 0.264 e. The van der Waals surface area contributed by atoms with Crippen LogP contribution in [0.1, 0.15) is 13.8 Å². The van der Waals surface area contributed by atoms with Crippen molar-refractivity contribution in [2.24, 2.45) is 5.92 Å². The van der Waals surface area contributed by atoms with Gasteiger partial charge in [-0.1, -0.05) is 38.1 Å². The molecular formula is C20H20FN3O3S. The maximum atomic E-state index is 13.8. The molecular weight excluding hydrogens is 381 g/mol. The number of nitrogens with zero attached hydrogens (tertiary/aromatic N) is 2. The zero-order valence-corrected chi connectivity index (χ0v) is 16.3. The summed E-state index contributed by atoms with van der Waals surface area (Å²) in [7, 11) is -4.01. The third kappa shape index (κ3) is 4.83. The average molecular weight is 401 g/mol. The Balaban J connectivity index is 1.72. The summed E-state index contributed by atoms with van der Waals surface area (Å²) in [6.07, 6.45) is 0. The Bertz CT molecular complexity index is 1040. The van der Waals surface area contributed by atoms with Gasteiger partial charge in [0.15, 0.2) is 0 Å². The van der Waals surface area contributed by atoms with E-state index in [0.717, 1.165) is 11.6 Å². The Labute approximate surface area is 163 Å². The SMILES string of the molecule is CC(C)COc1ccc(-c2ccc(NS(=O)(=O)c3ccccc3F)cc2)nn1. The lowest BCUT2D eigenvalue weighted by Gasteiger charge is -2.10. The first-order valence-corrected chi connectivity index (χ1v) is 10.2. The highest BCUT2D eigenvalue weighted by atomic mass is 32.2. The molecule has 0 fully saturated rings. The number of ether oxygens (including phenoxy) is 1. The lowest BCUT2D eigenvalue weighted by molar-refractivity contribution is 0.258. The molecule has 8 heteroatoms. The number of rotatable bonds is 7. The van der Waals surface area contributed by atoms with Gasteiger partial charge in [0.1, 0.15) is 10.7 Å². The first-order chi connectivity index (χ1) is 13.3. The van der Waals surface area contributed by atoms with Crippen molar-refractivity contribution in [1.29, 1.82) is 0 Å². The molecule has 1 N–H and O–H groups in total. The predicted molar refractivity (Wildman–Crippen MR) is 105 cm³/mol. The fourth-order valence-electron chi connectivity index (χ4n) is 2.38. The summed E-state index contributed by atoms with van der Waals surface area (Å²) in [5.74, 6) is 0.0375. The minimum atomic E-state index is -4.01. The Hall–Kier alpha value is -3.00. The van der Waals surface area contributed by atoms with Crippen molar-refractivity contribution in [3.8, 4) is 17.1 Å². The molecule has 1 heterocycles. The quantitative estimate of drug-likeness (QED) is 0.644. The van der Waals surface area contributed by atoms with Gasteiger partial charge in [-0.15, -0.1) is 10.2 Å². The van der Waals surface area contributed by atoms with Gasteiger partial charge in [0.25, 0.3) is 10.0 Å². The summed E-state index contributed by atoms with van der Waals surface area (Å²) in [5, 5.41) is 8.16. The molecule has 0 spiro atoms. The molecule has 0 saturated heterocycles. The zero-order valence-electron chi connectivity index (χ0n) is 15.5. The van der Waals surface area contributed by atoms with Gasteiger partial charge in [0.05, 0.1) is 12.3 Å². The number of anilines is 1. The van der Waals surface area contributed by atoms with Gasteiger partial charge >= 0.3 is 0 Å². The minimum absolute atomic E-state index is 0.317. The number of nitrogens with one attached hydrogen (secondary N) is 1. The van der Waals surface area contributed by atoms with E-state index in [4.69, 9.17) is 4.74 Å². The third-order valence-electron chi connectivity index (χ3n) is 3.76. The molecule has 6 nitrogen and oxygen atoms in total. The minimum Gasteiger partial charge on any atom is -0.476 e. The zero-order chi connectivity index (χ0) is 20.1. The van der Waals surface area contributed by atoms with Gasteiger partial charge in [-0.2, -0.15) is 0 Å². The van der Waals surface area contributed by atoms with Crippen LogP contribution in [0.4, 0.5) is 10.1 Å². The molecule has 0 aliphatic rings. The number of halogens is 1. The van der Waals surface area contributed by atoms with Crippen molar-refractivity contribution in [2.75, 3.05) is 11.3 Å². The van der Waals surface area contributed by atoms with E-state index in [0.29, 0.717) is 29.8 Å². The van der Waals surface area contributed by atoms with Crippen molar-refractivity contribution in [1.82, 2.24) is 10.2 Å². The topological polar surface area (TPSA) is 81.2 Å². The fraction of sp³-hybridized carbons (Fsp3) is 0.200. The molecule has 1 aromatic heterocycles. The highest BCUT2D eigenvalue weighted by Gasteiger charge is 2.18. The van der Waals surface area contributed by atoms with E-state index in [1.165, 1.54) is 18.2 Å². The summed E-state index contributed by atoms with van der Waals surface area (Å²) in [6.45, 7) is 4.65. The van der Waals surface area contributed by atoms with Gasteiger partial charge in [-0.05, 0) is 36.2 Å². The first-order valence-electron chi connectivity index (χ1n) is 8.69. The standard InChI is InChI=1S/C20H20FN3O3S/c1-14(2)13-27-20-12-11-18(22-23-20)15-7-9-16(10-8-15)24-28(25,26)19-6-4-3-5-17(19)21/h3-12,14,24H,13H2,1-2H3. The molecule has 28 heavy (non-hydrogen) atoms. The Morgan fingerprint density at radius 3 is 2.32 bits per heavy atom. The molecule has 0 saturated carbocycles. The maximum absolute atomic E-state index is 13.8. The number of aromatic nitrogens is 2. The number of sulfonamides is 1. The molecule has 2 aromatic carbocycles. The monoisotopic (exact) mass is 401 g/mol. The highest BCUT2D eigenvalue weighted by molar-refractivity contribution is 7.92. The van der Waals surface area contributed by atoms with Crippen LogP contribution in [0.2, 0.25) is 0 Å². The van der Waals surface area contributed by atoms with E-state index in [2.05, 4.69) is 14.9 Å². The Morgan fingerprint density at radius 2 is 1.71 bits per heavy atom. The van der Waals surface area contributed by atoms with Crippen molar-refractivity contribution in [3.63, 3.8) is 0 Å². The van der Waals surface area contributed by atoms with Crippen molar-refractivity contribution in [3.05, 3.63) is 66.5 Å². The van der Waals surface area contributed by atoms with E-state index in [1.807, 2.05) is 13.8 Å². The highest BCUT2D eigenvalue weighted by Crippen LogP contribution is 2.23. The summed E-state index contributed by atoms with van der Waals surface area (Å²) in [4.78, 5) is -0.401. The molecule has 3 aromatic rings.